The van der Waals surface area contributed by atoms with Crippen molar-refractivity contribution in [1.29, 1.82) is 0 Å². The number of aryl methyl sites for hydroxylation is 2. The van der Waals surface area contributed by atoms with E-state index in [0.29, 0.717) is 13.1 Å². The molecule has 0 unspecified atom stereocenters. The van der Waals surface area contributed by atoms with E-state index in [9.17, 15) is 9.59 Å². The number of carbonyl (C=O) groups excluding carboxylic acids is 2. The number of benzene rings is 2. The van der Waals surface area contributed by atoms with E-state index in [4.69, 9.17) is 0 Å². The number of nitrogens with one attached hydrogen (secondary N) is 2. The average Bonchev–Trinajstić information content (AvgIpc) is 2.70. The number of amides is 3. The largest absolute Gasteiger partial charge is 0.337 e. The molecule has 152 valence electrons. The molecule has 0 aromatic heterocycles. The van der Waals surface area contributed by atoms with Gasteiger partial charge in [-0.15, -0.1) is 0 Å². The number of urea groups is 1. The zero-order valence-electron chi connectivity index (χ0n) is 17.1. The van der Waals surface area contributed by atoms with Gasteiger partial charge in [0.05, 0.1) is 0 Å². The van der Waals surface area contributed by atoms with Crippen LogP contribution in [0.1, 0.15) is 16.7 Å². The third-order valence-corrected chi connectivity index (χ3v) is 5.08. The number of hydrogen-bond acceptors (Lipinski definition) is 3. The van der Waals surface area contributed by atoms with Crippen LogP contribution in [-0.2, 0) is 11.3 Å². The zero-order chi connectivity index (χ0) is 20.8. The first-order chi connectivity index (χ1) is 13.9. The molecule has 0 radical (unpaired) electrons. The Morgan fingerprint density at radius 2 is 1.79 bits per heavy atom. The van der Waals surface area contributed by atoms with Gasteiger partial charge in [-0.25, -0.2) is 4.79 Å². The fourth-order valence-corrected chi connectivity index (χ4v) is 3.50. The van der Waals surface area contributed by atoms with E-state index in [1.807, 2.05) is 55.1 Å². The Morgan fingerprint density at radius 3 is 2.48 bits per heavy atom. The monoisotopic (exact) mass is 392 g/mol. The number of nitrogens with zero attached hydrogens (tertiary/aromatic N) is 2. The Kier molecular flexibility index (Phi) is 6.67. The van der Waals surface area contributed by atoms with E-state index in [0.717, 1.165) is 47.7 Å². The average molecular weight is 393 g/mol. The van der Waals surface area contributed by atoms with Gasteiger partial charge in [-0.05, 0) is 49.2 Å². The maximum Gasteiger partial charge on any atom is 0.323 e. The standard InChI is InChI=1S/C23H28N4O2/c1-4-22(28)27-12-10-26(11-13-27)16-19-6-5-7-20(15-19)24-23(29)25-21-9-8-17(2)14-18(21)3/h4-9,14-15H,1,10-13,16H2,2-3H3,(H2,24,25,29). The Labute approximate surface area is 172 Å². The maximum atomic E-state index is 12.4. The summed E-state index contributed by atoms with van der Waals surface area (Å²) in [6, 6.07) is 13.5. The van der Waals surface area contributed by atoms with E-state index in [-0.39, 0.29) is 11.9 Å². The second kappa shape index (κ2) is 9.39. The third-order valence-electron chi connectivity index (χ3n) is 5.08. The highest BCUT2D eigenvalue weighted by Crippen LogP contribution is 2.18. The van der Waals surface area contributed by atoms with Crippen LogP contribution in [0.15, 0.2) is 55.1 Å². The Balaban J connectivity index is 1.55. The van der Waals surface area contributed by atoms with Gasteiger partial charge in [-0.1, -0.05) is 36.4 Å². The molecule has 1 aliphatic rings. The van der Waals surface area contributed by atoms with Crippen LogP contribution in [0.4, 0.5) is 16.2 Å². The molecule has 6 heteroatoms. The second-order valence-electron chi connectivity index (χ2n) is 7.40. The molecule has 29 heavy (non-hydrogen) atoms. The molecule has 0 saturated carbocycles. The summed E-state index contributed by atoms with van der Waals surface area (Å²) >= 11 is 0. The minimum atomic E-state index is -0.259. The van der Waals surface area contributed by atoms with Crippen molar-refractivity contribution in [1.82, 2.24) is 9.80 Å². The fourth-order valence-electron chi connectivity index (χ4n) is 3.50. The van der Waals surface area contributed by atoms with Crippen molar-refractivity contribution in [2.24, 2.45) is 0 Å². The quantitative estimate of drug-likeness (QED) is 0.761. The van der Waals surface area contributed by atoms with Crippen molar-refractivity contribution in [3.05, 3.63) is 71.8 Å². The lowest BCUT2D eigenvalue weighted by Gasteiger charge is -2.34. The summed E-state index contributed by atoms with van der Waals surface area (Å²) in [6.45, 7) is 11.4. The smallest absolute Gasteiger partial charge is 0.323 e. The van der Waals surface area contributed by atoms with Crippen LogP contribution in [0.25, 0.3) is 0 Å². The van der Waals surface area contributed by atoms with E-state index >= 15 is 0 Å². The Hall–Kier alpha value is -3.12. The second-order valence-corrected chi connectivity index (χ2v) is 7.40. The molecule has 0 aliphatic carbocycles. The van der Waals surface area contributed by atoms with Crippen LogP contribution < -0.4 is 10.6 Å². The molecule has 3 amide bonds. The van der Waals surface area contributed by atoms with Crippen LogP contribution in [0, 0.1) is 13.8 Å². The third kappa shape index (κ3) is 5.68. The first kappa shape index (κ1) is 20.6. The van der Waals surface area contributed by atoms with Crippen molar-refractivity contribution in [2.45, 2.75) is 20.4 Å². The molecule has 6 nitrogen and oxygen atoms in total. The molecule has 3 rings (SSSR count). The summed E-state index contributed by atoms with van der Waals surface area (Å²) in [4.78, 5) is 28.2. The lowest BCUT2D eigenvalue weighted by atomic mass is 10.1. The normalized spacial score (nSPS) is 14.3. The molecule has 2 aromatic rings. The summed E-state index contributed by atoms with van der Waals surface area (Å²) in [5, 5.41) is 5.81. The predicted molar refractivity (Wildman–Crippen MR) is 117 cm³/mol. The highest BCUT2D eigenvalue weighted by atomic mass is 16.2. The number of hydrogen-bond donors (Lipinski definition) is 2. The van der Waals surface area contributed by atoms with E-state index in [1.54, 1.807) is 0 Å². The number of anilines is 2. The van der Waals surface area contributed by atoms with Gasteiger partial charge in [0.2, 0.25) is 5.91 Å². The predicted octanol–water partition coefficient (Wildman–Crippen LogP) is 3.78. The number of piperazine rings is 1. The van der Waals surface area contributed by atoms with E-state index in [1.165, 1.54) is 6.08 Å². The first-order valence-corrected chi connectivity index (χ1v) is 9.82. The van der Waals surface area contributed by atoms with Crippen LogP contribution in [0.5, 0.6) is 0 Å². The van der Waals surface area contributed by atoms with Crippen molar-refractivity contribution in [3.63, 3.8) is 0 Å². The molecule has 1 fully saturated rings. The van der Waals surface area contributed by atoms with Gasteiger partial charge < -0.3 is 15.5 Å². The van der Waals surface area contributed by atoms with Crippen molar-refractivity contribution in [2.75, 3.05) is 36.8 Å². The Bertz CT molecular complexity index is 902. The van der Waals surface area contributed by atoms with E-state index < -0.39 is 0 Å². The van der Waals surface area contributed by atoms with Crippen LogP contribution in [0.3, 0.4) is 0 Å². The first-order valence-electron chi connectivity index (χ1n) is 9.82. The van der Waals surface area contributed by atoms with Crippen LogP contribution >= 0.6 is 0 Å². The minimum Gasteiger partial charge on any atom is -0.337 e. The molecule has 0 spiro atoms. The van der Waals surface area contributed by atoms with Gasteiger partial charge in [0.15, 0.2) is 0 Å². The minimum absolute atomic E-state index is 0.00864. The molecule has 1 heterocycles. The summed E-state index contributed by atoms with van der Waals surface area (Å²) in [6.07, 6.45) is 1.37. The topological polar surface area (TPSA) is 64.7 Å². The number of rotatable bonds is 5. The van der Waals surface area contributed by atoms with Crippen molar-refractivity contribution >= 4 is 23.3 Å². The molecule has 1 aliphatic heterocycles. The van der Waals surface area contributed by atoms with Crippen LogP contribution in [0.2, 0.25) is 0 Å². The molecule has 0 bridgehead atoms. The summed E-state index contributed by atoms with van der Waals surface area (Å²) in [7, 11) is 0. The summed E-state index contributed by atoms with van der Waals surface area (Å²) < 4.78 is 0. The van der Waals surface area contributed by atoms with Gasteiger partial charge in [-0.2, -0.15) is 0 Å². The molecule has 0 atom stereocenters. The van der Waals surface area contributed by atoms with Gasteiger partial charge in [0, 0.05) is 44.1 Å². The molecular formula is C23H28N4O2. The van der Waals surface area contributed by atoms with Gasteiger partial charge in [0.1, 0.15) is 0 Å². The zero-order valence-corrected chi connectivity index (χ0v) is 17.1. The van der Waals surface area contributed by atoms with Crippen LogP contribution in [-0.4, -0.2) is 47.9 Å². The SMILES string of the molecule is C=CC(=O)N1CCN(Cc2cccc(NC(=O)Nc3ccc(C)cc3C)c2)CC1. The highest BCUT2D eigenvalue weighted by Gasteiger charge is 2.19. The maximum absolute atomic E-state index is 12.4. The van der Waals surface area contributed by atoms with Crippen molar-refractivity contribution < 1.29 is 9.59 Å². The number of carbonyl (C=O) groups is 2. The lowest BCUT2D eigenvalue weighted by molar-refractivity contribution is -0.127. The fraction of sp³-hybridized carbons (Fsp3) is 0.304. The molecular weight excluding hydrogens is 364 g/mol. The van der Waals surface area contributed by atoms with Gasteiger partial charge in [-0.3, -0.25) is 9.69 Å². The summed E-state index contributed by atoms with van der Waals surface area (Å²) in [5.74, 6) is -0.00864. The molecule has 2 N–H and O–H groups in total. The van der Waals surface area contributed by atoms with Gasteiger partial charge in [0.25, 0.3) is 0 Å². The Morgan fingerprint density at radius 1 is 1.03 bits per heavy atom. The lowest BCUT2D eigenvalue weighted by Crippen LogP contribution is -2.47. The molecule has 2 aromatic carbocycles. The van der Waals surface area contributed by atoms with Crippen molar-refractivity contribution in [3.8, 4) is 0 Å². The molecule has 1 saturated heterocycles. The van der Waals surface area contributed by atoms with E-state index in [2.05, 4.69) is 28.2 Å². The highest BCUT2D eigenvalue weighted by molar-refractivity contribution is 6.00. The summed E-state index contributed by atoms with van der Waals surface area (Å²) in [5.41, 5.74) is 4.87. The van der Waals surface area contributed by atoms with Gasteiger partial charge >= 0.3 is 6.03 Å².